The molecule has 0 saturated heterocycles. The molecule has 0 radical (unpaired) electrons. The second-order valence-corrected chi connectivity index (χ2v) is 4.49. The van der Waals surface area contributed by atoms with Crippen molar-refractivity contribution in [3.8, 4) is 0 Å². The molecule has 0 bridgehead atoms. The van der Waals surface area contributed by atoms with Crippen molar-refractivity contribution >= 4 is 5.97 Å². The van der Waals surface area contributed by atoms with Gasteiger partial charge in [-0.05, 0) is 31.4 Å². The van der Waals surface area contributed by atoms with E-state index in [2.05, 4.69) is 19.2 Å². The highest BCUT2D eigenvalue weighted by Crippen LogP contribution is 2.16. The zero-order valence-electron chi connectivity index (χ0n) is 10.7. The Balaban J connectivity index is 2.59. The molecule has 2 N–H and O–H groups in total. The Morgan fingerprint density at radius 3 is 2.35 bits per heavy atom. The van der Waals surface area contributed by atoms with Crippen molar-refractivity contribution in [2.75, 3.05) is 0 Å². The Bertz CT molecular complexity index is 359. The molecule has 2 atom stereocenters. The third kappa shape index (κ3) is 4.19. The summed E-state index contributed by atoms with van der Waals surface area (Å²) in [7, 11) is 0. The minimum atomic E-state index is -0.782. The number of hydrogen-bond donors (Lipinski definition) is 2. The molecule has 2 unspecified atom stereocenters. The van der Waals surface area contributed by atoms with E-state index in [4.69, 9.17) is 5.11 Å². The fraction of sp³-hybridized carbons (Fsp3) is 0.500. The van der Waals surface area contributed by atoms with Crippen molar-refractivity contribution in [2.45, 2.75) is 45.7 Å². The molecule has 17 heavy (non-hydrogen) atoms. The lowest BCUT2D eigenvalue weighted by Gasteiger charge is -2.12. The first-order valence-electron chi connectivity index (χ1n) is 6.09. The fourth-order valence-corrected chi connectivity index (χ4v) is 1.50. The van der Waals surface area contributed by atoms with Gasteiger partial charge in [0.25, 0.3) is 0 Å². The van der Waals surface area contributed by atoms with Crippen LogP contribution >= 0.6 is 0 Å². The van der Waals surface area contributed by atoms with Crippen molar-refractivity contribution < 1.29 is 9.90 Å². The van der Waals surface area contributed by atoms with E-state index in [1.165, 1.54) is 5.56 Å². The van der Waals surface area contributed by atoms with E-state index in [0.29, 0.717) is 6.04 Å². The van der Waals surface area contributed by atoms with E-state index in [-0.39, 0.29) is 0 Å². The van der Waals surface area contributed by atoms with Gasteiger partial charge in [0.1, 0.15) is 0 Å². The molecule has 0 aliphatic carbocycles. The summed E-state index contributed by atoms with van der Waals surface area (Å²) in [4.78, 5) is 10.8. The monoisotopic (exact) mass is 235 g/mol. The van der Waals surface area contributed by atoms with Gasteiger partial charge in [-0.3, -0.25) is 4.79 Å². The van der Waals surface area contributed by atoms with Crippen LogP contribution < -0.4 is 5.32 Å². The van der Waals surface area contributed by atoms with Crippen LogP contribution in [0, 0.1) is 0 Å². The molecule has 1 aromatic rings. The van der Waals surface area contributed by atoms with E-state index in [0.717, 1.165) is 18.5 Å². The van der Waals surface area contributed by atoms with Gasteiger partial charge in [0.2, 0.25) is 0 Å². The van der Waals surface area contributed by atoms with Crippen LogP contribution in [-0.4, -0.2) is 17.1 Å². The van der Waals surface area contributed by atoms with Crippen LogP contribution in [0.3, 0.4) is 0 Å². The van der Waals surface area contributed by atoms with Crippen molar-refractivity contribution in [2.24, 2.45) is 0 Å². The van der Waals surface area contributed by atoms with Gasteiger partial charge in [-0.15, -0.1) is 0 Å². The van der Waals surface area contributed by atoms with Gasteiger partial charge < -0.3 is 10.4 Å². The van der Waals surface area contributed by atoms with Crippen molar-refractivity contribution in [1.29, 1.82) is 0 Å². The number of rotatable bonds is 6. The molecule has 1 aromatic carbocycles. The highest BCUT2D eigenvalue weighted by Gasteiger charge is 2.12. The van der Waals surface area contributed by atoms with Crippen molar-refractivity contribution in [1.82, 2.24) is 5.32 Å². The highest BCUT2D eigenvalue weighted by atomic mass is 16.4. The molecule has 0 fully saturated rings. The van der Waals surface area contributed by atoms with Crippen LogP contribution in [0.4, 0.5) is 0 Å². The van der Waals surface area contributed by atoms with E-state index in [9.17, 15) is 4.79 Å². The summed E-state index contributed by atoms with van der Waals surface area (Å²) in [5.74, 6) is -1.22. The highest BCUT2D eigenvalue weighted by molar-refractivity contribution is 5.75. The van der Waals surface area contributed by atoms with Gasteiger partial charge >= 0.3 is 5.97 Å². The van der Waals surface area contributed by atoms with Gasteiger partial charge in [0, 0.05) is 12.6 Å². The van der Waals surface area contributed by atoms with Gasteiger partial charge in [0.15, 0.2) is 0 Å². The molecule has 0 aliphatic heterocycles. The standard InChI is InChI=1S/C14H21NO2/c1-4-10(2)15-9-12-5-7-13(8-6-12)11(3)14(16)17/h5-8,10-11,15H,4,9H2,1-3H3,(H,16,17). The lowest BCUT2D eigenvalue weighted by Crippen LogP contribution is -2.24. The molecule has 1 rings (SSSR count). The van der Waals surface area contributed by atoms with Gasteiger partial charge in [-0.1, -0.05) is 31.2 Å². The first kappa shape index (κ1) is 13.7. The summed E-state index contributed by atoms with van der Waals surface area (Å²) < 4.78 is 0. The minimum Gasteiger partial charge on any atom is -0.481 e. The third-order valence-corrected chi connectivity index (χ3v) is 3.12. The smallest absolute Gasteiger partial charge is 0.310 e. The molecule has 0 amide bonds. The molecule has 0 heterocycles. The molecule has 3 heteroatoms. The first-order valence-corrected chi connectivity index (χ1v) is 6.09. The molecule has 0 spiro atoms. The summed E-state index contributed by atoms with van der Waals surface area (Å²) in [6.07, 6.45) is 1.11. The van der Waals surface area contributed by atoms with Crippen LogP contribution in [0.5, 0.6) is 0 Å². The normalized spacial score (nSPS) is 14.3. The number of nitrogens with one attached hydrogen (secondary N) is 1. The van der Waals surface area contributed by atoms with E-state index >= 15 is 0 Å². The third-order valence-electron chi connectivity index (χ3n) is 3.12. The molecule has 0 aromatic heterocycles. The van der Waals surface area contributed by atoms with Crippen LogP contribution in [0.25, 0.3) is 0 Å². The molecule has 3 nitrogen and oxygen atoms in total. The lowest BCUT2D eigenvalue weighted by atomic mass is 10.00. The largest absolute Gasteiger partial charge is 0.481 e. The van der Waals surface area contributed by atoms with Crippen molar-refractivity contribution in [3.05, 3.63) is 35.4 Å². The predicted molar refractivity (Wildman–Crippen MR) is 69.1 cm³/mol. The number of aliphatic carboxylic acids is 1. The van der Waals surface area contributed by atoms with Crippen LogP contribution in [0.2, 0.25) is 0 Å². The zero-order chi connectivity index (χ0) is 12.8. The second kappa shape index (κ2) is 6.40. The number of carboxylic acids is 1. The Morgan fingerprint density at radius 1 is 1.29 bits per heavy atom. The van der Waals surface area contributed by atoms with Crippen LogP contribution in [-0.2, 0) is 11.3 Å². The summed E-state index contributed by atoms with van der Waals surface area (Å²) in [5.41, 5.74) is 2.04. The average Bonchev–Trinajstić information content (AvgIpc) is 2.35. The van der Waals surface area contributed by atoms with E-state index in [1.807, 2.05) is 24.3 Å². The topological polar surface area (TPSA) is 49.3 Å². The van der Waals surface area contributed by atoms with E-state index in [1.54, 1.807) is 6.92 Å². The molecule has 0 aliphatic rings. The maximum absolute atomic E-state index is 10.8. The number of carbonyl (C=O) groups is 1. The predicted octanol–water partition coefficient (Wildman–Crippen LogP) is 2.76. The quantitative estimate of drug-likeness (QED) is 0.797. The maximum Gasteiger partial charge on any atom is 0.310 e. The molecular formula is C14H21NO2. The summed E-state index contributed by atoms with van der Waals surface area (Å²) in [6, 6.07) is 8.28. The lowest BCUT2D eigenvalue weighted by molar-refractivity contribution is -0.138. The summed E-state index contributed by atoms with van der Waals surface area (Å²) >= 11 is 0. The molecule has 94 valence electrons. The first-order chi connectivity index (χ1) is 8.04. The molecule has 0 saturated carbocycles. The Labute approximate surface area is 103 Å². The van der Waals surface area contributed by atoms with Gasteiger partial charge in [-0.25, -0.2) is 0 Å². The number of benzene rings is 1. The summed E-state index contributed by atoms with van der Waals surface area (Å²) in [5, 5.41) is 12.3. The van der Waals surface area contributed by atoms with Gasteiger partial charge in [0.05, 0.1) is 5.92 Å². The number of hydrogen-bond acceptors (Lipinski definition) is 2. The minimum absolute atomic E-state index is 0.438. The van der Waals surface area contributed by atoms with E-state index < -0.39 is 11.9 Å². The van der Waals surface area contributed by atoms with Crippen LogP contribution in [0.15, 0.2) is 24.3 Å². The average molecular weight is 235 g/mol. The van der Waals surface area contributed by atoms with Crippen LogP contribution in [0.1, 0.15) is 44.2 Å². The SMILES string of the molecule is CCC(C)NCc1ccc(C(C)C(=O)O)cc1. The van der Waals surface area contributed by atoms with Gasteiger partial charge in [-0.2, -0.15) is 0 Å². The Kier molecular flexibility index (Phi) is 5.16. The second-order valence-electron chi connectivity index (χ2n) is 4.49. The molecular weight excluding hydrogens is 214 g/mol. The Hall–Kier alpha value is -1.35. The fourth-order valence-electron chi connectivity index (χ4n) is 1.50. The maximum atomic E-state index is 10.8. The summed E-state index contributed by atoms with van der Waals surface area (Å²) in [6.45, 7) is 6.83. The number of carboxylic acid groups (broad SMARTS) is 1. The Morgan fingerprint density at radius 2 is 1.88 bits per heavy atom. The van der Waals surface area contributed by atoms with Crippen molar-refractivity contribution in [3.63, 3.8) is 0 Å². The zero-order valence-corrected chi connectivity index (χ0v) is 10.7.